The number of carbonyl (C=O) groups is 1. The van der Waals surface area contributed by atoms with E-state index in [1.165, 1.54) is 0 Å². The Bertz CT molecular complexity index is 672. The van der Waals surface area contributed by atoms with Crippen LogP contribution in [0.3, 0.4) is 0 Å². The van der Waals surface area contributed by atoms with Crippen LogP contribution in [0.5, 0.6) is 0 Å². The van der Waals surface area contributed by atoms with Gasteiger partial charge in [0.2, 0.25) is 5.91 Å². The number of hydrogen-bond donors (Lipinski definition) is 1. The van der Waals surface area contributed by atoms with Crippen molar-refractivity contribution in [3.63, 3.8) is 0 Å². The summed E-state index contributed by atoms with van der Waals surface area (Å²) in [6.45, 7) is 3.42. The number of benzene rings is 2. The van der Waals surface area contributed by atoms with E-state index in [4.69, 9.17) is 4.74 Å². The lowest BCUT2D eigenvalue weighted by Crippen LogP contribution is -2.63. The van der Waals surface area contributed by atoms with E-state index in [9.17, 15) is 9.90 Å². The summed E-state index contributed by atoms with van der Waals surface area (Å²) in [5, 5.41) is 9.94. The molecule has 2 aromatic rings. The van der Waals surface area contributed by atoms with Gasteiger partial charge in [0.1, 0.15) is 0 Å². The largest absolute Gasteiger partial charge is 0.393 e. The number of ether oxygens (including phenoxy) is 1. The first-order chi connectivity index (χ1) is 12.2. The van der Waals surface area contributed by atoms with Gasteiger partial charge in [-0.15, -0.1) is 0 Å². The minimum atomic E-state index is -0.626. The molecule has 1 fully saturated rings. The third kappa shape index (κ3) is 4.27. The lowest BCUT2D eigenvalue weighted by Gasteiger charge is -2.48. The Morgan fingerprint density at radius 2 is 1.64 bits per heavy atom. The van der Waals surface area contributed by atoms with Gasteiger partial charge in [0.05, 0.1) is 18.6 Å². The highest BCUT2D eigenvalue weighted by atomic mass is 16.5. The van der Waals surface area contributed by atoms with Crippen molar-refractivity contribution in [2.75, 3.05) is 6.61 Å². The molecule has 0 aromatic heterocycles. The molecule has 1 N–H and O–H groups in total. The second-order valence-electron chi connectivity index (χ2n) is 6.61. The summed E-state index contributed by atoms with van der Waals surface area (Å²) in [5.74, 6) is -0.282. The first kappa shape index (κ1) is 17.6. The van der Waals surface area contributed by atoms with Crippen LogP contribution in [0, 0.1) is 5.92 Å². The molecule has 0 radical (unpaired) electrons. The fraction of sp³-hybridized carbons (Fsp3) is 0.381. The summed E-state index contributed by atoms with van der Waals surface area (Å²) < 4.78 is 5.77. The molecular weight excluding hydrogens is 314 g/mol. The smallest absolute Gasteiger partial charge is 0.230 e. The highest BCUT2D eigenvalue weighted by Crippen LogP contribution is 2.33. The predicted octanol–water partition coefficient (Wildman–Crippen LogP) is 3.00. The molecule has 0 saturated carbocycles. The maximum absolute atomic E-state index is 12.4. The van der Waals surface area contributed by atoms with Crippen molar-refractivity contribution in [3.8, 4) is 0 Å². The van der Waals surface area contributed by atoms with Crippen LogP contribution in [0.2, 0.25) is 0 Å². The van der Waals surface area contributed by atoms with Crippen LogP contribution >= 0.6 is 0 Å². The fourth-order valence-electron chi connectivity index (χ4n) is 3.44. The van der Waals surface area contributed by atoms with E-state index in [2.05, 4.69) is 0 Å². The lowest BCUT2D eigenvalue weighted by atomic mass is 9.81. The lowest BCUT2D eigenvalue weighted by molar-refractivity contribution is -0.166. The number of carbonyl (C=O) groups excluding carboxylic acids is 1. The summed E-state index contributed by atoms with van der Waals surface area (Å²) in [6.07, 6.45) is 0.111. The van der Waals surface area contributed by atoms with E-state index in [-0.39, 0.29) is 17.9 Å². The first-order valence-electron chi connectivity index (χ1n) is 8.81. The average Bonchev–Trinajstić information content (AvgIpc) is 2.63. The minimum Gasteiger partial charge on any atom is -0.393 e. The van der Waals surface area contributed by atoms with Crippen molar-refractivity contribution >= 4 is 5.91 Å². The van der Waals surface area contributed by atoms with Crippen LogP contribution in [0.4, 0.5) is 0 Å². The zero-order valence-electron chi connectivity index (χ0n) is 14.5. The Hall–Kier alpha value is -2.17. The number of aliphatic hydroxyl groups is 1. The molecule has 2 aromatic carbocycles. The monoisotopic (exact) mass is 339 g/mol. The van der Waals surface area contributed by atoms with E-state index >= 15 is 0 Å². The van der Waals surface area contributed by atoms with Gasteiger partial charge in [-0.1, -0.05) is 60.7 Å². The molecule has 1 heterocycles. The summed E-state index contributed by atoms with van der Waals surface area (Å²) in [4.78, 5) is 14.3. The molecule has 1 amide bonds. The number of rotatable bonds is 8. The van der Waals surface area contributed by atoms with Crippen molar-refractivity contribution < 1.29 is 14.6 Å². The molecule has 1 saturated heterocycles. The molecule has 0 bridgehead atoms. The van der Waals surface area contributed by atoms with E-state index in [0.29, 0.717) is 19.8 Å². The number of nitrogens with zero attached hydrogens (tertiary/aromatic N) is 1. The van der Waals surface area contributed by atoms with Gasteiger partial charge in [-0.2, -0.15) is 0 Å². The van der Waals surface area contributed by atoms with Gasteiger partial charge < -0.3 is 14.7 Å². The zero-order valence-corrected chi connectivity index (χ0v) is 14.5. The molecule has 4 nitrogen and oxygen atoms in total. The van der Waals surface area contributed by atoms with Gasteiger partial charge in [-0.05, 0) is 24.5 Å². The first-order valence-corrected chi connectivity index (χ1v) is 8.81. The number of likely N-dealkylation sites (tertiary alicyclic amines) is 1. The molecule has 132 valence electrons. The molecule has 0 spiro atoms. The van der Waals surface area contributed by atoms with E-state index < -0.39 is 6.10 Å². The van der Waals surface area contributed by atoms with Gasteiger partial charge in [0.25, 0.3) is 0 Å². The Kier molecular flexibility index (Phi) is 5.84. The van der Waals surface area contributed by atoms with Crippen molar-refractivity contribution in [3.05, 3.63) is 71.8 Å². The Balaban J connectivity index is 1.54. The second-order valence-corrected chi connectivity index (χ2v) is 6.61. The van der Waals surface area contributed by atoms with Crippen LogP contribution < -0.4 is 0 Å². The highest BCUT2D eigenvalue weighted by Gasteiger charge is 2.48. The third-order valence-electron chi connectivity index (χ3n) is 4.77. The molecule has 3 atom stereocenters. The predicted molar refractivity (Wildman–Crippen MR) is 96.7 cm³/mol. The molecule has 25 heavy (non-hydrogen) atoms. The van der Waals surface area contributed by atoms with Gasteiger partial charge in [-0.3, -0.25) is 4.79 Å². The maximum Gasteiger partial charge on any atom is 0.230 e. The van der Waals surface area contributed by atoms with Gasteiger partial charge in [0, 0.05) is 19.2 Å². The molecule has 3 unspecified atom stereocenters. The topological polar surface area (TPSA) is 49.8 Å². The molecule has 1 aliphatic heterocycles. The third-order valence-corrected chi connectivity index (χ3v) is 4.77. The highest BCUT2D eigenvalue weighted by molar-refractivity contribution is 5.86. The Morgan fingerprint density at radius 3 is 2.24 bits per heavy atom. The average molecular weight is 339 g/mol. The molecule has 3 rings (SSSR count). The van der Waals surface area contributed by atoms with Crippen molar-refractivity contribution in [2.45, 2.75) is 38.6 Å². The van der Waals surface area contributed by atoms with Crippen LogP contribution in [0.15, 0.2) is 60.7 Å². The number of β-lactam (4-membered cyclic amide) rings is 1. The Labute approximate surface area is 149 Å². The molecule has 1 aliphatic rings. The summed E-state index contributed by atoms with van der Waals surface area (Å²) in [6, 6.07) is 20.0. The second kappa shape index (κ2) is 8.28. The van der Waals surface area contributed by atoms with E-state index in [0.717, 1.165) is 17.5 Å². The Morgan fingerprint density at radius 1 is 1.04 bits per heavy atom. The number of hydrogen-bond acceptors (Lipinski definition) is 3. The van der Waals surface area contributed by atoms with Crippen LogP contribution in [-0.4, -0.2) is 34.7 Å². The van der Waals surface area contributed by atoms with E-state index in [1.54, 1.807) is 6.92 Å². The minimum absolute atomic E-state index is 0.0310. The summed E-state index contributed by atoms with van der Waals surface area (Å²) in [5.41, 5.74) is 2.25. The summed E-state index contributed by atoms with van der Waals surface area (Å²) >= 11 is 0. The normalized spacial score (nSPS) is 21.0. The molecule has 0 aliphatic carbocycles. The van der Waals surface area contributed by atoms with Crippen molar-refractivity contribution in [2.24, 2.45) is 5.92 Å². The van der Waals surface area contributed by atoms with Crippen LogP contribution in [0.1, 0.15) is 24.5 Å². The zero-order chi connectivity index (χ0) is 17.6. The van der Waals surface area contributed by atoms with Gasteiger partial charge in [-0.25, -0.2) is 0 Å². The SMILES string of the molecule is CC(O)C1C(=O)N(Cc2ccccc2)C1CCOCc1ccccc1. The summed E-state index contributed by atoms with van der Waals surface area (Å²) in [7, 11) is 0. The number of aliphatic hydroxyl groups excluding tert-OH is 1. The van der Waals surface area contributed by atoms with Crippen molar-refractivity contribution in [1.29, 1.82) is 0 Å². The maximum atomic E-state index is 12.4. The van der Waals surface area contributed by atoms with Crippen LogP contribution in [-0.2, 0) is 22.7 Å². The molecular formula is C21H25NO3. The molecule has 4 heteroatoms. The van der Waals surface area contributed by atoms with Gasteiger partial charge >= 0.3 is 0 Å². The number of amides is 1. The van der Waals surface area contributed by atoms with E-state index in [1.807, 2.05) is 65.6 Å². The standard InChI is InChI=1S/C21H25NO3/c1-16(23)20-19(12-13-25-15-18-10-6-3-7-11-18)22(21(20)24)14-17-8-4-2-5-9-17/h2-11,16,19-20,23H,12-15H2,1H3. The van der Waals surface area contributed by atoms with Gasteiger partial charge in [0.15, 0.2) is 0 Å². The van der Waals surface area contributed by atoms with Crippen LogP contribution in [0.25, 0.3) is 0 Å². The van der Waals surface area contributed by atoms with Crippen molar-refractivity contribution in [1.82, 2.24) is 4.90 Å². The fourth-order valence-corrected chi connectivity index (χ4v) is 3.44. The quantitative estimate of drug-likeness (QED) is 0.594.